The van der Waals surface area contributed by atoms with Crippen molar-refractivity contribution < 1.29 is 4.74 Å². The van der Waals surface area contributed by atoms with E-state index in [2.05, 4.69) is 32.6 Å². The number of rotatable bonds is 1. The second kappa shape index (κ2) is 4.44. The van der Waals surface area contributed by atoms with Gasteiger partial charge in [-0.05, 0) is 58.8 Å². The van der Waals surface area contributed by atoms with Gasteiger partial charge in [0, 0.05) is 25.2 Å². The van der Waals surface area contributed by atoms with Crippen LogP contribution in [0, 0.1) is 11.8 Å². The van der Waals surface area contributed by atoms with Gasteiger partial charge in [-0.15, -0.1) is 0 Å². The zero-order valence-corrected chi connectivity index (χ0v) is 13.0. The standard InChI is InChI=1S/C16H30N2O/c1-15(2)8-14(16(3,4)19-15)18-9-11-6-5-7-13(17)12(11)10-18/h11-14H,5-10,17H2,1-4H3. The van der Waals surface area contributed by atoms with Crippen LogP contribution >= 0.6 is 0 Å². The number of hydrogen-bond acceptors (Lipinski definition) is 3. The second-order valence-electron chi connectivity index (χ2n) is 8.16. The lowest BCUT2D eigenvalue weighted by Gasteiger charge is -2.34. The van der Waals surface area contributed by atoms with Gasteiger partial charge in [0.05, 0.1) is 11.2 Å². The molecule has 2 saturated heterocycles. The molecule has 3 aliphatic rings. The summed E-state index contributed by atoms with van der Waals surface area (Å²) in [6.45, 7) is 11.4. The molecule has 3 fully saturated rings. The molecule has 4 unspecified atom stereocenters. The maximum atomic E-state index is 6.34. The van der Waals surface area contributed by atoms with E-state index in [4.69, 9.17) is 10.5 Å². The van der Waals surface area contributed by atoms with E-state index in [1.54, 1.807) is 0 Å². The Bertz CT molecular complexity index is 353. The summed E-state index contributed by atoms with van der Waals surface area (Å²) < 4.78 is 6.27. The molecular weight excluding hydrogens is 236 g/mol. The summed E-state index contributed by atoms with van der Waals surface area (Å²) in [5, 5.41) is 0. The first-order valence-corrected chi connectivity index (χ1v) is 7.98. The van der Waals surface area contributed by atoms with Crippen molar-refractivity contribution in [2.75, 3.05) is 13.1 Å². The van der Waals surface area contributed by atoms with Crippen LogP contribution in [0.4, 0.5) is 0 Å². The summed E-state index contributed by atoms with van der Waals surface area (Å²) in [6, 6.07) is 0.988. The van der Waals surface area contributed by atoms with Gasteiger partial charge in [0.2, 0.25) is 0 Å². The van der Waals surface area contributed by atoms with Gasteiger partial charge < -0.3 is 10.5 Å². The van der Waals surface area contributed by atoms with Crippen molar-refractivity contribution in [3.05, 3.63) is 0 Å². The van der Waals surface area contributed by atoms with Crippen molar-refractivity contribution in [1.29, 1.82) is 0 Å². The molecule has 4 atom stereocenters. The molecule has 0 aromatic rings. The Hall–Kier alpha value is -0.120. The average Bonchev–Trinajstić information content (AvgIpc) is 2.77. The van der Waals surface area contributed by atoms with Crippen molar-refractivity contribution >= 4 is 0 Å². The third-order valence-corrected chi connectivity index (χ3v) is 5.65. The molecule has 3 heteroatoms. The lowest BCUT2D eigenvalue weighted by atomic mass is 9.78. The third-order valence-electron chi connectivity index (χ3n) is 5.65. The van der Waals surface area contributed by atoms with Crippen molar-refractivity contribution in [2.45, 2.75) is 76.7 Å². The van der Waals surface area contributed by atoms with E-state index in [9.17, 15) is 0 Å². The molecule has 0 amide bonds. The SMILES string of the molecule is CC1(C)CC(N2CC3CCCC(N)C3C2)C(C)(C)O1. The zero-order valence-electron chi connectivity index (χ0n) is 13.0. The molecule has 2 heterocycles. The molecule has 1 saturated carbocycles. The molecule has 0 spiro atoms. The van der Waals surface area contributed by atoms with Gasteiger partial charge in [-0.2, -0.15) is 0 Å². The number of nitrogens with two attached hydrogens (primary N) is 1. The molecule has 2 N–H and O–H groups in total. The third kappa shape index (κ3) is 2.45. The van der Waals surface area contributed by atoms with Crippen molar-refractivity contribution in [3.8, 4) is 0 Å². The Labute approximate surface area is 117 Å². The van der Waals surface area contributed by atoms with Crippen LogP contribution in [0.2, 0.25) is 0 Å². The zero-order chi connectivity index (χ0) is 13.8. The van der Waals surface area contributed by atoms with Crippen LogP contribution in [0.5, 0.6) is 0 Å². The maximum Gasteiger partial charge on any atom is 0.0789 e. The van der Waals surface area contributed by atoms with Gasteiger partial charge in [0.15, 0.2) is 0 Å². The molecule has 1 aliphatic carbocycles. The summed E-state index contributed by atoms with van der Waals surface area (Å²) >= 11 is 0. The van der Waals surface area contributed by atoms with E-state index in [0.29, 0.717) is 12.1 Å². The fraction of sp³-hybridized carbons (Fsp3) is 1.00. The van der Waals surface area contributed by atoms with Crippen LogP contribution in [-0.2, 0) is 4.74 Å². The van der Waals surface area contributed by atoms with Crippen LogP contribution in [0.25, 0.3) is 0 Å². The van der Waals surface area contributed by atoms with Crippen LogP contribution in [0.15, 0.2) is 0 Å². The van der Waals surface area contributed by atoms with Crippen LogP contribution < -0.4 is 5.73 Å². The predicted octanol–water partition coefficient (Wildman–Crippen LogP) is 2.39. The topological polar surface area (TPSA) is 38.5 Å². The number of nitrogens with zero attached hydrogens (tertiary/aromatic N) is 1. The van der Waals surface area contributed by atoms with Gasteiger partial charge in [0.1, 0.15) is 0 Å². The Balaban J connectivity index is 1.74. The molecule has 3 nitrogen and oxygen atoms in total. The highest BCUT2D eigenvalue weighted by Gasteiger charge is 2.51. The minimum Gasteiger partial charge on any atom is -0.368 e. The summed E-state index contributed by atoms with van der Waals surface area (Å²) in [4.78, 5) is 2.69. The lowest BCUT2D eigenvalue weighted by molar-refractivity contribution is -0.0792. The van der Waals surface area contributed by atoms with E-state index < -0.39 is 0 Å². The van der Waals surface area contributed by atoms with E-state index in [1.807, 2.05) is 0 Å². The van der Waals surface area contributed by atoms with Crippen molar-refractivity contribution in [1.82, 2.24) is 4.90 Å². The molecule has 110 valence electrons. The Morgan fingerprint density at radius 2 is 1.84 bits per heavy atom. The Kier molecular flexibility index (Phi) is 3.23. The smallest absolute Gasteiger partial charge is 0.0789 e. The van der Waals surface area contributed by atoms with Crippen LogP contribution in [0.1, 0.15) is 53.4 Å². The lowest BCUT2D eigenvalue weighted by Crippen LogP contribution is -2.46. The highest BCUT2D eigenvalue weighted by molar-refractivity contribution is 5.04. The molecule has 0 radical (unpaired) electrons. The largest absolute Gasteiger partial charge is 0.368 e. The molecule has 3 rings (SSSR count). The van der Waals surface area contributed by atoms with Gasteiger partial charge in [-0.3, -0.25) is 4.90 Å². The van der Waals surface area contributed by atoms with Gasteiger partial charge in [0.25, 0.3) is 0 Å². The van der Waals surface area contributed by atoms with E-state index in [-0.39, 0.29) is 11.2 Å². The van der Waals surface area contributed by atoms with Crippen molar-refractivity contribution in [2.24, 2.45) is 17.6 Å². The highest BCUT2D eigenvalue weighted by atomic mass is 16.5. The maximum absolute atomic E-state index is 6.34. The number of fused-ring (bicyclic) bond motifs is 1. The Morgan fingerprint density at radius 3 is 2.42 bits per heavy atom. The molecule has 19 heavy (non-hydrogen) atoms. The van der Waals surface area contributed by atoms with E-state index >= 15 is 0 Å². The van der Waals surface area contributed by atoms with Crippen molar-refractivity contribution in [3.63, 3.8) is 0 Å². The molecule has 0 aromatic carbocycles. The first kappa shape index (κ1) is 13.8. The number of hydrogen-bond donors (Lipinski definition) is 1. The minimum absolute atomic E-state index is 0.0179. The van der Waals surface area contributed by atoms with Gasteiger partial charge in [-0.25, -0.2) is 0 Å². The predicted molar refractivity (Wildman–Crippen MR) is 78.0 cm³/mol. The van der Waals surface area contributed by atoms with Crippen LogP contribution in [-0.4, -0.2) is 41.3 Å². The first-order chi connectivity index (χ1) is 8.78. The van der Waals surface area contributed by atoms with Crippen LogP contribution in [0.3, 0.4) is 0 Å². The van der Waals surface area contributed by atoms with E-state index in [0.717, 1.165) is 18.3 Å². The summed E-state index contributed by atoms with van der Waals surface area (Å²) in [5.41, 5.74) is 6.33. The highest BCUT2D eigenvalue weighted by Crippen LogP contribution is 2.44. The van der Waals surface area contributed by atoms with Gasteiger partial charge >= 0.3 is 0 Å². The molecular formula is C16H30N2O. The summed E-state index contributed by atoms with van der Waals surface area (Å²) in [5.74, 6) is 1.57. The fourth-order valence-electron chi connectivity index (χ4n) is 4.91. The second-order valence-corrected chi connectivity index (χ2v) is 8.16. The normalized spacial score (nSPS) is 45.3. The monoisotopic (exact) mass is 266 g/mol. The van der Waals surface area contributed by atoms with E-state index in [1.165, 1.54) is 32.4 Å². The Morgan fingerprint density at radius 1 is 1.11 bits per heavy atom. The molecule has 0 aromatic heterocycles. The summed E-state index contributed by atoms with van der Waals surface area (Å²) in [7, 11) is 0. The minimum atomic E-state index is -0.0267. The molecule has 0 bridgehead atoms. The summed E-state index contributed by atoms with van der Waals surface area (Å²) in [6.07, 6.45) is 5.08. The average molecular weight is 266 g/mol. The number of likely N-dealkylation sites (tertiary alicyclic amines) is 1. The van der Waals surface area contributed by atoms with Gasteiger partial charge in [-0.1, -0.05) is 6.42 Å². The molecule has 2 aliphatic heterocycles. The quantitative estimate of drug-likeness (QED) is 0.792. The fourth-order valence-corrected chi connectivity index (χ4v) is 4.91. The first-order valence-electron chi connectivity index (χ1n) is 7.98. The number of ether oxygens (including phenoxy) is 1.